The Balaban J connectivity index is 1.80. The number of nitrogens with zero attached hydrogens (tertiary/aromatic N) is 1. The van der Waals surface area contributed by atoms with E-state index in [4.69, 9.17) is 0 Å². The van der Waals surface area contributed by atoms with Gasteiger partial charge in [-0.3, -0.25) is 9.78 Å². The average Bonchev–Trinajstić information content (AvgIpc) is 2.86. The third-order valence-corrected chi connectivity index (χ3v) is 3.23. The van der Waals surface area contributed by atoms with Gasteiger partial charge in [0.05, 0.1) is 0 Å². The van der Waals surface area contributed by atoms with Crippen LogP contribution in [0.5, 0.6) is 0 Å². The van der Waals surface area contributed by atoms with Crippen molar-refractivity contribution in [2.75, 3.05) is 17.2 Å². The normalized spacial score (nSPS) is 12.7. The smallest absolute Gasteiger partial charge is 0.255 e. The minimum absolute atomic E-state index is 0.101. The zero-order valence-electron chi connectivity index (χ0n) is 10.7. The van der Waals surface area contributed by atoms with Crippen LogP contribution in [0.3, 0.4) is 0 Å². The second-order valence-corrected chi connectivity index (χ2v) is 4.69. The van der Waals surface area contributed by atoms with Crippen LogP contribution in [0.15, 0.2) is 36.5 Å². The SMILES string of the molecule is Cc1cc(C(=O)Nc2ccc3c(c2)CCN3)ccn1. The van der Waals surface area contributed by atoms with E-state index in [0.717, 1.165) is 30.0 Å². The second kappa shape index (κ2) is 4.72. The summed E-state index contributed by atoms with van der Waals surface area (Å²) in [5, 5.41) is 6.22. The summed E-state index contributed by atoms with van der Waals surface area (Å²) < 4.78 is 0. The molecule has 1 aromatic heterocycles. The zero-order chi connectivity index (χ0) is 13.2. The van der Waals surface area contributed by atoms with E-state index in [0.29, 0.717) is 5.56 Å². The van der Waals surface area contributed by atoms with E-state index < -0.39 is 0 Å². The molecule has 96 valence electrons. The minimum Gasteiger partial charge on any atom is -0.384 e. The van der Waals surface area contributed by atoms with Crippen LogP contribution in [-0.4, -0.2) is 17.4 Å². The number of carbonyl (C=O) groups excluding carboxylic acids is 1. The highest BCUT2D eigenvalue weighted by Crippen LogP contribution is 2.25. The molecule has 19 heavy (non-hydrogen) atoms. The standard InChI is InChI=1S/C15H15N3O/c1-10-8-12(5-6-16-10)15(19)18-13-2-3-14-11(9-13)4-7-17-14/h2-3,5-6,8-9,17H,4,7H2,1H3,(H,18,19). The molecule has 0 aliphatic carbocycles. The first kappa shape index (κ1) is 11.7. The number of nitrogens with one attached hydrogen (secondary N) is 2. The summed E-state index contributed by atoms with van der Waals surface area (Å²) in [5.74, 6) is -0.101. The number of hydrogen-bond acceptors (Lipinski definition) is 3. The number of hydrogen-bond donors (Lipinski definition) is 2. The summed E-state index contributed by atoms with van der Waals surface area (Å²) in [6.45, 7) is 2.84. The molecule has 3 rings (SSSR count). The lowest BCUT2D eigenvalue weighted by Crippen LogP contribution is -2.12. The van der Waals surface area contributed by atoms with Gasteiger partial charge in [-0.05, 0) is 49.2 Å². The molecule has 0 bridgehead atoms. The number of pyridine rings is 1. The highest BCUT2D eigenvalue weighted by Gasteiger charge is 2.12. The highest BCUT2D eigenvalue weighted by atomic mass is 16.1. The molecule has 2 N–H and O–H groups in total. The molecule has 1 amide bonds. The van der Waals surface area contributed by atoms with Crippen molar-refractivity contribution in [2.45, 2.75) is 13.3 Å². The first-order valence-corrected chi connectivity index (χ1v) is 6.33. The van der Waals surface area contributed by atoms with Crippen LogP contribution < -0.4 is 10.6 Å². The van der Waals surface area contributed by atoms with E-state index in [1.54, 1.807) is 18.3 Å². The average molecular weight is 253 g/mol. The lowest BCUT2D eigenvalue weighted by molar-refractivity contribution is 0.102. The molecular weight excluding hydrogens is 238 g/mol. The summed E-state index contributed by atoms with van der Waals surface area (Å²) in [5.41, 5.74) is 4.72. The molecule has 0 unspecified atom stereocenters. The van der Waals surface area contributed by atoms with Crippen molar-refractivity contribution in [2.24, 2.45) is 0 Å². The Morgan fingerprint density at radius 1 is 1.32 bits per heavy atom. The monoisotopic (exact) mass is 253 g/mol. The number of aryl methyl sites for hydroxylation is 1. The third-order valence-electron chi connectivity index (χ3n) is 3.23. The molecule has 4 heteroatoms. The van der Waals surface area contributed by atoms with Crippen molar-refractivity contribution in [1.29, 1.82) is 0 Å². The summed E-state index contributed by atoms with van der Waals surface area (Å²) >= 11 is 0. The van der Waals surface area contributed by atoms with Gasteiger partial charge in [0.25, 0.3) is 5.91 Å². The van der Waals surface area contributed by atoms with Gasteiger partial charge in [0.15, 0.2) is 0 Å². The lowest BCUT2D eigenvalue weighted by Gasteiger charge is -2.07. The highest BCUT2D eigenvalue weighted by molar-refractivity contribution is 6.04. The van der Waals surface area contributed by atoms with Crippen LogP contribution in [0.1, 0.15) is 21.6 Å². The fourth-order valence-corrected chi connectivity index (χ4v) is 2.27. The molecule has 0 spiro atoms. The molecule has 1 aliphatic rings. The predicted molar refractivity (Wildman–Crippen MR) is 75.6 cm³/mol. The van der Waals surface area contributed by atoms with Gasteiger partial charge >= 0.3 is 0 Å². The zero-order valence-corrected chi connectivity index (χ0v) is 10.7. The van der Waals surface area contributed by atoms with Crippen LogP contribution in [-0.2, 0) is 6.42 Å². The molecule has 4 nitrogen and oxygen atoms in total. The molecule has 1 aromatic carbocycles. The maximum Gasteiger partial charge on any atom is 0.255 e. The summed E-state index contributed by atoms with van der Waals surface area (Å²) in [6, 6.07) is 9.46. The van der Waals surface area contributed by atoms with Gasteiger partial charge in [-0.1, -0.05) is 0 Å². The number of rotatable bonds is 2. The maximum absolute atomic E-state index is 12.1. The second-order valence-electron chi connectivity index (χ2n) is 4.69. The van der Waals surface area contributed by atoms with Crippen molar-refractivity contribution in [1.82, 2.24) is 4.98 Å². The molecule has 2 heterocycles. The van der Waals surface area contributed by atoms with E-state index in [1.807, 2.05) is 25.1 Å². The maximum atomic E-state index is 12.1. The van der Waals surface area contributed by atoms with E-state index in [2.05, 4.69) is 15.6 Å². The van der Waals surface area contributed by atoms with Crippen molar-refractivity contribution in [3.05, 3.63) is 53.3 Å². The Hall–Kier alpha value is -2.36. The van der Waals surface area contributed by atoms with Gasteiger partial charge in [-0.15, -0.1) is 0 Å². The Bertz CT molecular complexity index is 637. The number of fused-ring (bicyclic) bond motifs is 1. The van der Waals surface area contributed by atoms with Crippen LogP contribution in [0.4, 0.5) is 11.4 Å². The first-order valence-electron chi connectivity index (χ1n) is 6.33. The Morgan fingerprint density at radius 2 is 2.21 bits per heavy atom. The Kier molecular flexibility index (Phi) is 2.91. The predicted octanol–water partition coefficient (Wildman–Crippen LogP) is 2.61. The molecule has 0 saturated carbocycles. The fourth-order valence-electron chi connectivity index (χ4n) is 2.27. The van der Waals surface area contributed by atoms with Crippen molar-refractivity contribution in [3.8, 4) is 0 Å². The van der Waals surface area contributed by atoms with Crippen molar-refractivity contribution >= 4 is 17.3 Å². The van der Waals surface area contributed by atoms with Gasteiger partial charge in [-0.25, -0.2) is 0 Å². The van der Waals surface area contributed by atoms with Crippen LogP contribution in [0.2, 0.25) is 0 Å². The molecule has 0 fully saturated rings. The first-order chi connectivity index (χ1) is 9.22. The van der Waals surface area contributed by atoms with Crippen molar-refractivity contribution < 1.29 is 4.79 Å². The Morgan fingerprint density at radius 3 is 3.05 bits per heavy atom. The molecule has 0 saturated heterocycles. The quantitative estimate of drug-likeness (QED) is 0.865. The van der Waals surface area contributed by atoms with E-state index >= 15 is 0 Å². The van der Waals surface area contributed by atoms with Crippen LogP contribution >= 0.6 is 0 Å². The van der Waals surface area contributed by atoms with Crippen LogP contribution in [0, 0.1) is 6.92 Å². The van der Waals surface area contributed by atoms with E-state index in [9.17, 15) is 4.79 Å². The Labute approximate surface area is 111 Å². The largest absolute Gasteiger partial charge is 0.384 e. The third kappa shape index (κ3) is 2.42. The fraction of sp³-hybridized carbons (Fsp3) is 0.200. The number of benzene rings is 1. The molecule has 2 aromatic rings. The molecule has 0 atom stereocenters. The van der Waals surface area contributed by atoms with E-state index in [-0.39, 0.29) is 5.91 Å². The van der Waals surface area contributed by atoms with Gasteiger partial charge in [-0.2, -0.15) is 0 Å². The van der Waals surface area contributed by atoms with Gasteiger partial charge in [0.2, 0.25) is 0 Å². The summed E-state index contributed by atoms with van der Waals surface area (Å²) in [6.07, 6.45) is 2.66. The van der Waals surface area contributed by atoms with Crippen LogP contribution in [0.25, 0.3) is 0 Å². The van der Waals surface area contributed by atoms with Gasteiger partial charge < -0.3 is 10.6 Å². The molecule has 0 radical (unpaired) electrons. The topological polar surface area (TPSA) is 54.0 Å². The number of amides is 1. The lowest BCUT2D eigenvalue weighted by atomic mass is 10.1. The number of aromatic nitrogens is 1. The summed E-state index contributed by atoms with van der Waals surface area (Å²) in [7, 11) is 0. The summed E-state index contributed by atoms with van der Waals surface area (Å²) in [4.78, 5) is 16.2. The number of carbonyl (C=O) groups is 1. The van der Waals surface area contributed by atoms with Gasteiger partial charge in [0, 0.05) is 35.4 Å². The number of anilines is 2. The minimum atomic E-state index is -0.101. The van der Waals surface area contributed by atoms with E-state index in [1.165, 1.54) is 5.56 Å². The molecule has 1 aliphatic heterocycles. The molecular formula is C15H15N3O. The van der Waals surface area contributed by atoms with Crippen molar-refractivity contribution in [3.63, 3.8) is 0 Å². The van der Waals surface area contributed by atoms with Gasteiger partial charge in [0.1, 0.15) is 0 Å².